The highest BCUT2D eigenvalue weighted by Gasteiger charge is 2.08. The van der Waals surface area contributed by atoms with Gasteiger partial charge in [0.2, 0.25) is 0 Å². The van der Waals surface area contributed by atoms with Gasteiger partial charge in [0, 0.05) is 12.6 Å². The summed E-state index contributed by atoms with van der Waals surface area (Å²) in [6.07, 6.45) is 0. The molecule has 17 heavy (non-hydrogen) atoms. The van der Waals surface area contributed by atoms with Gasteiger partial charge in [0.05, 0.1) is 11.0 Å². The first-order chi connectivity index (χ1) is 8.25. The van der Waals surface area contributed by atoms with E-state index in [9.17, 15) is 0 Å². The maximum atomic E-state index is 4.71. The molecule has 3 rings (SSSR count). The molecule has 0 bridgehead atoms. The molecule has 0 saturated carbocycles. The molecule has 84 valence electrons. The Morgan fingerprint density at radius 1 is 1.00 bits per heavy atom. The van der Waals surface area contributed by atoms with Gasteiger partial charge >= 0.3 is 0 Å². The Labute approximate surface area is 101 Å². The molecule has 2 heteroatoms. The summed E-state index contributed by atoms with van der Waals surface area (Å²) in [5.41, 5.74) is 4.64. The molecule has 0 amide bonds. The lowest BCUT2D eigenvalue weighted by Crippen LogP contribution is -1.91. The number of hydrogen-bond acceptors (Lipinski definition) is 1. The highest BCUT2D eigenvalue weighted by Crippen LogP contribution is 2.23. The van der Waals surface area contributed by atoms with Crippen LogP contribution in [0.4, 0.5) is 0 Å². The standard InChI is InChI=1S/C15H14N2/c1-11-8-9-14-13(10-11)16-15(17(14)2)12-6-4-3-5-7-12/h3-10H,1-2H3. The van der Waals surface area contributed by atoms with Crippen molar-refractivity contribution in [1.82, 2.24) is 9.55 Å². The number of nitrogens with zero attached hydrogens (tertiary/aromatic N) is 2. The van der Waals surface area contributed by atoms with Crippen molar-refractivity contribution in [3.63, 3.8) is 0 Å². The quantitative estimate of drug-likeness (QED) is 0.615. The van der Waals surface area contributed by atoms with E-state index in [2.05, 4.69) is 48.9 Å². The number of imidazole rings is 1. The van der Waals surface area contributed by atoms with Crippen molar-refractivity contribution in [3.05, 3.63) is 54.1 Å². The fraction of sp³-hybridized carbons (Fsp3) is 0.133. The van der Waals surface area contributed by atoms with Gasteiger partial charge in [-0.15, -0.1) is 0 Å². The number of benzene rings is 2. The molecule has 0 saturated heterocycles. The van der Waals surface area contributed by atoms with Crippen LogP contribution in [0.1, 0.15) is 5.56 Å². The lowest BCUT2D eigenvalue weighted by Gasteiger charge is -2.01. The Morgan fingerprint density at radius 2 is 1.76 bits per heavy atom. The molecule has 0 unspecified atom stereocenters. The molecule has 0 radical (unpaired) electrons. The summed E-state index contributed by atoms with van der Waals surface area (Å²) in [5.74, 6) is 1.02. The Bertz CT molecular complexity index is 666. The van der Waals surface area contributed by atoms with Crippen LogP contribution in [0.3, 0.4) is 0 Å². The minimum Gasteiger partial charge on any atom is -0.327 e. The van der Waals surface area contributed by atoms with Crippen LogP contribution in [0.5, 0.6) is 0 Å². The molecule has 3 aromatic rings. The molecule has 0 aliphatic rings. The van der Waals surface area contributed by atoms with E-state index in [1.54, 1.807) is 0 Å². The van der Waals surface area contributed by atoms with Crippen LogP contribution < -0.4 is 0 Å². The lowest BCUT2D eigenvalue weighted by atomic mass is 10.2. The van der Waals surface area contributed by atoms with Crippen LogP contribution in [0, 0.1) is 6.92 Å². The van der Waals surface area contributed by atoms with E-state index in [1.165, 1.54) is 11.1 Å². The van der Waals surface area contributed by atoms with Crippen molar-refractivity contribution < 1.29 is 0 Å². The van der Waals surface area contributed by atoms with E-state index in [0.29, 0.717) is 0 Å². The first-order valence-electron chi connectivity index (χ1n) is 5.74. The van der Waals surface area contributed by atoms with E-state index < -0.39 is 0 Å². The van der Waals surface area contributed by atoms with Gasteiger partial charge in [0.15, 0.2) is 0 Å². The third-order valence-corrected chi connectivity index (χ3v) is 3.07. The molecule has 1 heterocycles. The first-order valence-corrected chi connectivity index (χ1v) is 5.74. The van der Waals surface area contributed by atoms with E-state index in [4.69, 9.17) is 4.98 Å². The summed E-state index contributed by atoms with van der Waals surface area (Å²) in [7, 11) is 2.06. The number of rotatable bonds is 1. The Hall–Kier alpha value is -2.09. The third kappa shape index (κ3) is 1.62. The number of hydrogen-bond donors (Lipinski definition) is 0. The molecular weight excluding hydrogens is 208 g/mol. The van der Waals surface area contributed by atoms with E-state index in [1.807, 2.05) is 18.2 Å². The van der Waals surface area contributed by atoms with Gasteiger partial charge in [0.1, 0.15) is 5.82 Å². The first kappa shape index (κ1) is 10.1. The van der Waals surface area contributed by atoms with Gasteiger partial charge in [-0.25, -0.2) is 4.98 Å². The summed E-state index contributed by atoms with van der Waals surface area (Å²) in [4.78, 5) is 4.71. The van der Waals surface area contributed by atoms with Gasteiger partial charge in [-0.05, 0) is 24.6 Å². The van der Waals surface area contributed by atoms with E-state index in [0.717, 1.165) is 16.9 Å². The van der Waals surface area contributed by atoms with Crippen LogP contribution in [-0.4, -0.2) is 9.55 Å². The minimum absolute atomic E-state index is 1.02. The summed E-state index contributed by atoms with van der Waals surface area (Å²) >= 11 is 0. The van der Waals surface area contributed by atoms with Gasteiger partial charge in [-0.1, -0.05) is 36.4 Å². The molecule has 2 aromatic carbocycles. The second-order valence-electron chi connectivity index (χ2n) is 4.35. The van der Waals surface area contributed by atoms with Crippen LogP contribution >= 0.6 is 0 Å². The normalized spacial score (nSPS) is 10.9. The summed E-state index contributed by atoms with van der Waals surface area (Å²) < 4.78 is 2.14. The van der Waals surface area contributed by atoms with Crippen molar-refractivity contribution in [2.45, 2.75) is 6.92 Å². The minimum atomic E-state index is 1.02. The maximum Gasteiger partial charge on any atom is 0.140 e. The van der Waals surface area contributed by atoms with Crippen LogP contribution in [0.2, 0.25) is 0 Å². The Kier molecular flexibility index (Phi) is 2.22. The zero-order valence-corrected chi connectivity index (χ0v) is 10.0. The largest absolute Gasteiger partial charge is 0.327 e. The maximum absolute atomic E-state index is 4.71. The average Bonchev–Trinajstić information content (AvgIpc) is 2.67. The molecule has 0 aliphatic heterocycles. The van der Waals surface area contributed by atoms with Crippen LogP contribution in [-0.2, 0) is 7.05 Å². The zero-order valence-electron chi connectivity index (χ0n) is 10.0. The highest BCUT2D eigenvalue weighted by atomic mass is 15.1. The van der Waals surface area contributed by atoms with Crippen LogP contribution in [0.15, 0.2) is 48.5 Å². The number of aryl methyl sites for hydroxylation is 2. The van der Waals surface area contributed by atoms with Crippen molar-refractivity contribution in [3.8, 4) is 11.4 Å². The van der Waals surface area contributed by atoms with Gasteiger partial charge in [-0.3, -0.25) is 0 Å². The molecule has 0 aliphatic carbocycles. The third-order valence-electron chi connectivity index (χ3n) is 3.07. The molecule has 2 nitrogen and oxygen atoms in total. The second kappa shape index (κ2) is 3.74. The van der Waals surface area contributed by atoms with Gasteiger partial charge < -0.3 is 4.57 Å². The monoisotopic (exact) mass is 222 g/mol. The fourth-order valence-corrected chi connectivity index (χ4v) is 2.16. The van der Waals surface area contributed by atoms with Crippen LogP contribution in [0.25, 0.3) is 22.4 Å². The Balaban J connectivity index is 2.28. The van der Waals surface area contributed by atoms with Crippen molar-refractivity contribution in [1.29, 1.82) is 0 Å². The molecular formula is C15H14N2. The molecule has 0 N–H and O–H groups in total. The zero-order chi connectivity index (χ0) is 11.8. The molecule has 0 fully saturated rings. The SMILES string of the molecule is Cc1ccc2c(c1)nc(-c1ccccc1)n2C. The summed E-state index contributed by atoms with van der Waals surface area (Å²) in [5, 5.41) is 0. The molecule has 0 spiro atoms. The Morgan fingerprint density at radius 3 is 2.53 bits per heavy atom. The fourth-order valence-electron chi connectivity index (χ4n) is 2.16. The number of fused-ring (bicyclic) bond motifs is 1. The topological polar surface area (TPSA) is 17.8 Å². The predicted octanol–water partition coefficient (Wildman–Crippen LogP) is 3.55. The molecule has 1 aromatic heterocycles. The van der Waals surface area contributed by atoms with E-state index >= 15 is 0 Å². The van der Waals surface area contributed by atoms with Gasteiger partial charge in [0.25, 0.3) is 0 Å². The summed E-state index contributed by atoms with van der Waals surface area (Å²) in [6.45, 7) is 2.09. The van der Waals surface area contributed by atoms with Gasteiger partial charge in [-0.2, -0.15) is 0 Å². The average molecular weight is 222 g/mol. The van der Waals surface area contributed by atoms with Crippen molar-refractivity contribution in [2.75, 3.05) is 0 Å². The molecule has 0 atom stereocenters. The van der Waals surface area contributed by atoms with Crippen molar-refractivity contribution >= 4 is 11.0 Å². The predicted molar refractivity (Wildman–Crippen MR) is 70.9 cm³/mol. The van der Waals surface area contributed by atoms with E-state index in [-0.39, 0.29) is 0 Å². The smallest absolute Gasteiger partial charge is 0.140 e. The van der Waals surface area contributed by atoms with Crippen molar-refractivity contribution in [2.24, 2.45) is 7.05 Å². The highest BCUT2D eigenvalue weighted by molar-refractivity contribution is 5.81. The lowest BCUT2D eigenvalue weighted by molar-refractivity contribution is 0.959. The summed E-state index contributed by atoms with van der Waals surface area (Å²) in [6, 6.07) is 16.7. The number of aromatic nitrogens is 2. The second-order valence-corrected chi connectivity index (χ2v) is 4.35.